The number of unbranched alkanes of at least 4 members (excludes halogenated alkanes) is 8. The lowest BCUT2D eigenvalue weighted by molar-refractivity contribution is -0.131. The van der Waals surface area contributed by atoms with E-state index in [-0.39, 0.29) is 5.78 Å². The molecule has 0 aliphatic heterocycles. The predicted molar refractivity (Wildman–Crippen MR) is 139 cm³/mol. The van der Waals surface area contributed by atoms with Crippen molar-refractivity contribution in [3.8, 4) is 0 Å². The van der Waals surface area contributed by atoms with Crippen LogP contribution < -0.4 is 21.7 Å². The van der Waals surface area contributed by atoms with Gasteiger partial charge >= 0.3 is 6.09 Å². The standard InChI is InChI=1S/C26H50N4O5/c1-8-9-10-11-12-13-14-15-16-17-21(27)22(31)18(2)28-23(32)19(3)29-24(33)20(4)30-25(34)35-26(5,6)7/h18-21H,8-17,27H2,1-7H3,(H,28,32)(H,29,33)(H,30,34)/t18-,19-,20-,21?/m0/s1. The van der Waals surface area contributed by atoms with Gasteiger partial charge in [0.25, 0.3) is 0 Å². The Balaban J connectivity index is 4.28. The Hall–Kier alpha value is -2.16. The Morgan fingerprint density at radius 1 is 0.714 bits per heavy atom. The molecule has 4 atom stereocenters. The van der Waals surface area contributed by atoms with Gasteiger partial charge < -0.3 is 26.4 Å². The molecule has 0 aliphatic rings. The quantitative estimate of drug-likeness (QED) is 0.225. The Labute approximate surface area is 212 Å². The summed E-state index contributed by atoms with van der Waals surface area (Å²) in [6.45, 7) is 12.0. The van der Waals surface area contributed by atoms with Crippen molar-refractivity contribution >= 4 is 23.7 Å². The molecule has 1 unspecified atom stereocenters. The van der Waals surface area contributed by atoms with Gasteiger partial charge in [-0.1, -0.05) is 64.7 Å². The van der Waals surface area contributed by atoms with E-state index in [1.54, 1.807) is 27.7 Å². The van der Waals surface area contributed by atoms with E-state index in [1.165, 1.54) is 52.4 Å². The lowest BCUT2D eigenvalue weighted by Gasteiger charge is -2.23. The summed E-state index contributed by atoms with van der Waals surface area (Å²) >= 11 is 0. The average molecular weight is 499 g/mol. The van der Waals surface area contributed by atoms with Crippen molar-refractivity contribution in [3.63, 3.8) is 0 Å². The highest BCUT2D eigenvalue weighted by Gasteiger charge is 2.26. The van der Waals surface area contributed by atoms with Crippen LogP contribution in [-0.4, -0.2) is 53.5 Å². The number of carbonyl (C=O) groups is 4. The zero-order valence-corrected chi connectivity index (χ0v) is 23.0. The minimum atomic E-state index is -0.899. The fraction of sp³-hybridized carbons (Fsp3) is 0.846. The molecular weight excluding hydrogens is 448 g/mol. The van der Waals surface area contributed by atoms with Crippen molar-refractivity contribution in [2.45, 2.75) is 142 Å². The lowest BCUT2D eigenvalue weighted by atomic mass is 9.99. The first-order valence-electron chi connectivity index (χ1n) is 13.2. The second kappa shape index (κ2) is 17.3. The van der Waals surface area contributed by atoms with Crippen molar-refractivity contribution in [2.75, 3.05) is 0 Å². The molecule has 5 N–H and O–H groups in total. The Bertz CT molecular complexity index is 663. The number of rotatable bonds is 17. The van der Waals surface area contributed by atoms with Gasteiger partial charge in [0.1, 0.15) is 17.7 Å². The number of nitrogens with one attached hydrogen (secondary N) is 3. The third-order valence-corrected chi connectivity index (χ3v) is 5.65. The molecule has 0 fully saturated rings. The van der Waals surface area contributed by atoms with E-state index in [4.69, 9.17) is 10.5 Å². The van der Waals surface area contributed by atoms with E-state index in [1.807, 2.05) is 0 Å². The van der Waals surface area contributed by atoms with Gasteiger partial charge in [-0.15, -0.1) is 0 Å². The molecule has 0 aromatic rings. The number of alkyl carbamates (subject to hydrolysis) is 1. The molecule has 0 spiro atoms. The summed E-state index contributed by atoms with van der Waals surface area (Å²) in [6.07, 6.45) is 10.6. The maximum atomic E-state index is 12.5. The van der Waals surface area contributed by atoms with Crippen molar-refractivity contribution < 1.29 is 23.9 Å². The number of carbonyl (C=O) groups excluding carboxylic acids is 4. The van der Waals surface area contributed by atoms with E-state index in [0.29, 0.717) is 6.42 Å². The van der Waals surface area contributed by atoms with Crippen molar-refractivity contribution in [1.29, 1.82) is 0 Å². The molecule has 9 nitrogen and oxygen atoms in total. The molecule has 0 aromatic carbocycles. The van der Waals surface area contributed by atoms with Gasteiger partial charge in [-0.3, -0.25) is 14.4 Å². The van der Waals surface area contributed by atoms with Gasteiger partial charge in [0, 0.05) is 0 Å². The summed E-state index contributed by atoms with van der Waals surface area (Å²) in [5.41, 5.74) is 5.36. The van der Waals surface area contributed by atoms with Crippen molar-refractivity contribution in [2.24, 2.45) is 5.73 Å². The van der Waals surface area contributed by atoms with E-state index in [9.17, 15) is 19.2 Å². The van der Waals surface area contributed by atoms with Crippen LogP contribution in [0.15, 0.2) is 0 Å². The Morgan fingerprint density at radius 3 is 1.63 bits per heavy atom. The lowest BCUT2D eigenvalue weighted by Crippen LogP contribution is -2.55. The number of ether oxygens (including phenoxy) is 1. The van der Waals surface area contributed by atoms with Crippen LogP contribution in [0.2, 0.25) is 0 Å². The predicted octanol–water partition coefficient (Wildman–Crippen LogP) is 3.73. The summed E-state index contributed by atoms with van der Waals surface area (Å²) in [4.78, 5) is 49.1. The molecule has 9 heteroatoms. The highest BCUT2D eigenvalue weighted by atomic mass is 16.6. The third-order valence-electron chi connectivity index (χ3n) is 5.65. The van der Waals surface area contributed by atoms with Gasteiger partial charge in [0.15, 0.2) is 5.78 Å². The zero-order chi connectivity index (χ0) is 27.0. The van der Waals surface area contributed by atoms with Crippen LogP contribution >= 0.6 is 0 Å². The Kier molecular flexibility index (Phi) is 16.2. The molecule has 0 radical (unpaired) electrons. The molecule has 0 rings (SSSR count). The summed E-state index contributed by atoms with van der Waals surface area (Å²) in [5.74, 6) is -1.27. The van der Waals surface area contributed by atoms with E-state index in [0.717, 1.165) is 19.3 Å². The molecule has 35 heavy (non-hydrogen) atoms. The molecule has 0 saturated carbocycles. The molecule has 0 aromatic heterocycles. The number of Topliss-reactive ketones (excluding diaryl/α,β-unsaturated/α-hetero) is 1. The SMILES string of the molecule is CCCCCCCCCCCC(N)C(=O)[C@H](C)NC(=O)[C@H](C)NC(=O)[C@H](C)NC(=O)OC(C)(C)C. The van der Waals surface area contributed by atoms with Gasteiger partial charge in [-0.25, -0.2) is 4.79 Å². The summed E-state index contributed by atoms with van der Waals surface area (Å²) < 4.78 is 5.12. The fourth-order valence-electron chi connectivity index (χ4n) is 3.50. The highest BCUT2D eigenvalue weighted by Crippen LogP contribution is 2.12. The summed E-state index contributed by atoms with van der Waals surface area (Å²) in [7, 11) is 0. The van der Waals surface area contributed by atoms with Crippen molar-refractivity contribution in [3.05, 3.63) is 0 Å². The first-order chi connectivity index (χ1) is 16.3. The van der Waals surface area contributed by atoms with Crippen LogP contribution in [0.3, 0.4) is 0 Å². The van der Waals surface area contributed by atoms with Gasteiger partial charge in [-0.2, -0.15) is 0 Å². The van der Waals surface area contributed by atoms with Gasteiger partial charge in [0.05, 0.1) is 12.1 Å². The molecule has 204 valence electrons. The highest BCUT2D eigenvalue weighted by molar-refractivity contribution is 5.95. The Morgan fingerprint density at radius 2 is 1.14 bits per heavy atom. The van der Waals surface area contributed by atoms with Crippen LogP contribution in [0.5, 0.6) is 0 Å². The number of hydrogen-bond donors (Lipinski definition) is 4. The first-order valence-corrected chi connectivity index (χ1v) is 13.2. The maximum Gasteiger partial charge on any atom is 0.408 e. The van der Waals surface area contributed by atoms with Crippen LogP contribution in [0, 0.1) is 0 Å². The van der Waals surface area contributed by atoms with Gasteiger partial charge in [0.2, 0.25) is 11.8 Å². The summed E-state index contributed by atoms with van der Waals surface area (Å²) in [6, 6.07) is -3.18. The van der Waals surface area contributed by atoms with Gasteiger partial charge in [-0.05, 0) is 48.0 Å². The topological polar surface area (TPSA) is 140 Å². The third kappa shape index (κ3) is 16.2. The largest absolute Gasteiger partial charge is 0.444 e. The fourth-order valence-corrected chi connectivity index (χ4v) is 3.50. The van der Waals surface area contributed by atoms with E-state index < -0.39 is 47.7 Å². The van der Waals surface area contributed by atoms with Crippen LogP contribution in [0.1, 0.15) is 113 Å². The molecule has 0 aliphatic carbocycles. The molecule has 0 heterocycles. The average Bonchev–Trinajstić information content (AvgIpc) is 2.75. The normalized spacial score (nSPS) is 14.9. The number of amides is 3. The molecule has 3 amide bonds. The van der Waals surface area contributed by atoms with Crippen molar-refractivity contribution in [1.82, 2.24) is 16.0 Å². The first kappa shape index (κ1) is 32.8. The smallest absolute Gasteiger partial charge is 0.408 e. The second-order valence-electron chi connectivity index (χ2n) is 10.5. The molecule has 0 bridgehead atoms. The summed E-state index contributed by atoms with van der Waals surface area (Å²) in [5, 5.41) is 7.57. The van der Waals surface area contributed by atoms with Crippen LogP contribution in [0.25, 0.3) is 0 Å². The zero-order valence-electron chi connectivity index (χ0n) is 23.0. The number of hydrogen-bond acceptors (Lipinski definition) is 6. The number of ketones is 1. The minimum absolute atomic E-state index is 0.226. The van der Waals surface area contributed by atoms with E-state index in [2.05, 4.69) is 22.9 Å². The molecular formula is C26H50N4O5. The number of nitrogens with two attached hydrogens (primary N) is 1. The van der Waals surface area contributed by atoms with Crippen LogP contribution in [-0.2, 0) is 19.1 Å². The molecule has 0 saturated heterocycles. The van der Waals surface area contributed by atoms with E-state index >= 15 is 0 Å². The van der Waals surface area contributed by atoms with Crippen LogP contribution in [0.4, 0.5) is 4.79 Å². The monoisotopic (exact) mass is 498 g/mol. The minimum Gasteiger partial charge on any atom is -0.444 e. The maximum absolute atomic E-state index is 12.5. The second-order valence-corrected chi connectivity index (χ2v) is 10.5.